The normalized spacial score (nSPS) is 18.6. The molecule has 0 heterocycles. The fourth-order valence-electron chi connectivity index (χ4n) is 2.42. The molecule has 2 nitrogen and oxygen atoms in total. The summed E-state index contributed by atoms with van der Waals surface area (Å²) in [6.07, 6.45) is 1.95. The van der Waals surface area contributed by atoms with Gasteiger partial charge in [0.1, 0.15) is 11.5 Å². The summed E-state index contributed by atoms with van der Waals surface area (Å²) in [5.41, 5.74) is 2.48. The third-order valence-corrected chi connectivity index (χ3v) is 3.34. The van der Waals surface area contributed by atoms with E-state index >= 15 is 0 Å². The van der Waals surface area contributed by atoms with Gasteiger partial charge in [0.25, 0.3) is 0 Å². The van der Waals surface area contributed by atoms with Gasteiger partial charge < -0.3 is 4.74 Å². The summed E-state index contributed by atoms with van der Waals surface area (Å²) in [6.45, 7) is 3.95. The first-order valence-corrected chi connectivity index (χ1v) is 5.84. The van der Waals surface area contributed by atoms with E-state index in [1.165, 1.54) is 11.1 Å². The van der Waals surface area contributed by atoms with Crippen molar-refractivity contribution in [1.82, 2.24) is 0 Å². The molecule has 0 amide bonds. The van der Waals surface area contributed by atoms with E-state index in [0.29, 0.717) is 5.78 Å². The van der Waals surface area contributed by atoms with Crippen LogP contribution in [0.25, 0.3) is 0 Å². The Hall–Kier alpha value is -1.31. The van der Waals surface area contributed by atoms with Crippen LogP contribution in [0.5, 0.6) is 5.75 Å². The molecule has 0 saturated carbocycles. The topological polar surface area (TPSA) is 26.3 Å². The number of aryl methyl sites for hydroxylation is 1. The van der Waals surface area contributed by atoms with Crippen LogP contribution in [0.3, 0.4) is 0 Å². The van der Waals surface area contributed by atoms with Gasteiger partial charge in [-0.2, -0.15) is 0 Å². The van der Waals surface area contributed by atoms with Crippen molar-refractivity contribution in [3.8, 4) is 5.75 Å². The average molecular weight is 218 g/mol. The van der Waals surface area contributed by atoms with Crippen LogP contribution in [-0.4, -0.2) is 12.9 Å². The van der Waals surface area contributed by atoms with Crippen LogP contribution in [0, 0.1) is 5.92 Å². The predicted molar refractivity (Wildman–Crippen MR) is 63.9 cm³/mol. The number of ketones is 1. The van der Waals surface area contributed by atoms with Crippen molar-refractivity contribution < 1.29 is 9.53 Å². The van der Waals surface area contributed by atoms with Crippen molar-refractivity contribution in [2.45, 2.75) is 32.6 Å². The molecule has 0 spiro atoms. The van der Waals surface area contributed by atoms with Gasteiger partial charge in [0.05, 0.1) is 7.11 Å². The summed E-state index contributed by atoms with van der Waals surface area (Å²) < 4.78 is 5.20. The number of hydrogen-bond donors (Lipinski definition) is 0. The Bertz CT molecular complexity index is 407. The molecule has 1 atom stereocenters. The standard InChI is InChI=1S/C14H18O2/c1-9(2)14(15)13-6-4-10-8-11(16-3)5-7-12(10)13/h5,7-9,13H,4,6H2,1-3H3. The van der Waals surface area contributed by atoms with E-state index in [4.69, 9.17) is 4.74 Å². The summed E-state index contributed by atoms with van der Waals surface area (Å²) in [5.74, 6) is 1.49. The number of benzene rings is 1. The lowest BCUT2D eigenvalue weighted by molar-refractivity contribution is -0.123. The summed E-state index contributed by atoms with van der Waals surface area (Å²) in [4.78, 5) is 12.0. The Morgan fingerprint density at radius 2 is 2.19 bits per heavy atom. The van der Waals surface area contributed by atoms with Gasteiger partial charge in [0.2, 0.25) is 0 Å². The van der Waals surface area contributed by atoms with Gasteiger partial charge in [-0.1, -0.05) is 19.9 Å². The largest absolute Gasteiger partial charge is 0.497 e. The van der Waals surface area contributed by atoms with E-state index in [9.17, 15) is 4.79 Å². The molecule has 16 heavy (non-hydrogen) atoms. The van der Waals surface area contributed by atoms with Gasteiger partial charge in [0, 0.05) is 11.8 Å². The maximum absolute atomic E-state index is 12.0. The molecule has 0 aromatic heterocycles. The first-order chi connectivity index (χ1) is 7.63. The van der Waals surface area contributed by atoms with Crippen LogP contribution in [0.2, 0.25) is 0 Å². The molecule has 1 unspecified atom stereocenters. The quantitative estimate of drug-likeness (QED) is 0.779. The molecule has 0 radical (unpaired) electrons. The van der Waals surface area contributed by atoms with Crippen molar-refractivity contribution in [2.24, 2.45) is 5.92 Å². The van der Waals surface area contributed by atoms with Gasteiger partial charge in [-0.15, -0.1) is 0 Å². The number of Topliss-reactive ketones (excluding diaryl/α,β-unsaturated/α-hetero) is 1. The van der Waals surface area contributed by atoms with Crippen LogP contribution in [0.15, 0.2) is 18.2 Å². The molecule has 2 rings (SSSR count). The molecular formula is C14H18O2. The van der Waals surface area contributed by atoms with Gasteiger partial charge >= 0.3 is 0 Å². The summed E-state index contributed by atoms with van der Waals surface area (Å²) in [6, 6.07) is 6.06. The van der Waals surface area contributed by atoms with Gasteiger partial charge in [-0.3, -0.25) is 4.79 Å². The first-order valence-electron chi connectivity index (χ1n) is 5.84. The van der Waals surface area contributed by atoms with E-state index in [-0.39, 0.29) is 11.8 Å². The number of rotatable bonds is 3. The molecule has 1 aliphatic carbocycles. The maximum atomic E-state index is 12.0. The minimum absolute atomic E-state index is 0.112. The first kappa shape index (κ1) is 11.2. The lowest BCUT2D eigenvalue weighted by Gasteiger charge is -2.13. The Morgan fingerprint density at radius 3 is 2.81 bits per heavy atom. The Labute approximate surface area is 96.6 Å². The molecular weight excluding hydrogens is 200 g/mol. The molecule has 0 fully saturated rings. The fourth-order valence-corrected chi connectivity index (χ4v) is 2.42. The number of carbonyl (C=O) groups excluding carboxylic acids is 1. The number of methoxy groups -OCH3 is 1. The van der Waals surface area contributed by atoms with Crippen molar-refractivity contribution in [2.75, 3.05) is 7.11 Å². The second-order valence-corrected chi connectivity index (χ2v) is 4.71. The Morgan fingerprint density at radius 1 is 1.44 bits per heavy atom. The average Bonchev–Trinajstić information content (AvgIpc) is 2.70. The third-order valence-electron chi connectivity index (χ3n) is 3.34. The van der Waals surface area contributed by atoms with Crippen molar-refractivity contribution in [3.05, 3.63) is 29.3 Å². The summed E-state index contributed by atoms with van der Waals surface area (Å²) >= 11 is 0. The zero-order valence-corrected chi connectivity index (χ0v) is 10.1. The minimum atomic E-state index is 0.112. The molecule has 0 aliphatic heterocycles. The van der Waals surface area contributed by atoms with Crippen molar-refractivity contribution >= 4 is 5.78 Å². The summed E-state index contributed by atoms with van der Waals surface area (Å²) in [5, 5.41) is 0. The number of ether oxygens (including phenoxy) is 1. The smallest absolute Gasteiger partial charge is 0.142 e. The molecule has 0 N–H and O–H groups in total. The highest BCUT2D eigenvalue weighted by atomic mass is 16.5. The zero-order chi connectivity index (χ0) is 11.7. The van der Waals surface area contributed by atoms with Crippen molar-refractivity contribution in [3.63, 3.8) is 0 Å². The highest BCUT2D eigenvalue weighted by molar-refractivity contribution is 5.88. The fraction of sp³-hybridized carbons (Fsp3) is 0.500. The van der Waals surface area contributed by atoms with E-state index in [2.05, 4.69) is 6.07 Å². The molecule has 2 heteroatoms. The van der Waals surface area contributed by atoms with Gasteiger partial charge in [0.15, 0.2) is 0 Å². The zero-order valence-electron chi connectivity index (χ0n) is 10.1. The monoisotopic (exact) mass is 218 g/mol. The van der Waals surface area contributed by atoms with E-state index < -0.39 is 0 Å². The number of fused-ring (bicyclic) bond motifs is 1. The van der Waals surface area contributed by atoms with E-state index in [1.54, 1.807) is 7.11 Å². The van der Waals surface area contributed by atoms with Crippen molar-refractivity contribution in [1.29, 1.82) is 0 Å². The van der Waals surface area contributed by atoms with Crippen LogP contribution < -0.4 is 4.74 Å². The number of carbonyl (C=O) groups is 1. The van der Waals surface area contributed by atoms with E-state index in [0.717, 1.165) is 18.6 Å². The second kappa shape index (κ2) is 4.28. The Balaban J connectivity index is 2.30. The van der Waals surface area contributed by atoms with Gasteiger partial charge in [-0.25, -0.2) is 0 Å². The second-order valence-electron chi connectivity index (χ2n) is 4.71. The third kappa shape index (κ3) is 1.84. The lowest BCUT2D eigenvalue weighted by atomic mass is 9.90. The van der Waals surface area contributed by atoms with E-state index in [1.807, 2.05) is 26.0 Å². The highest BCUT2D eigenvalue weighted by Crippen LogP contribution is 2.37. The minimum Gasteiger partial charge on any atom is -0.497 e. The SMILES string of the molecule is COc1ccc2c(c1)CCC2C(=O)C(C)C. The molecule has 1 aromatic rings. The maximum Gasteiger partial charge on any atom is 0.142 e. The van der Waals surface area contributed by atoms with Crippen LogP contribution in [0.4, 0.5) is 0 Å². The molecule has 1 aliphatic rings. The lowest BCUT2D eigenvalue weighted by Crippen LogP contribution is -2.15. The highest BCUT2D eigenvalue weighted by Gasteiger charge is 2.29. The Kier molecular flexibility index (Phi) is 2.99. The van der Waals surface area contributed by atoms with Crippen LogP contribution in [-0.2, 0) is 11.2 Å². The number of hydrogen-bond acceptors (Lipinski definition) is 2. The van der Waals surface area contributed by atoms with Gasteiger partial charge in [-0.05, 0) is 36.1 Å². The molecule has 86 valence electrons. The summed E-state index contributed by atoms with van der Waals surface area (Å²) in [7, 11) is 1.67. The molecule has 0 bridgehead atoms. The molecule has 0 saturated heterocycles. The van der Waals surface area contributed by atoms with Crippen LogP contribution in [0.1, 0.15) is 37.3 Å². The molecule has 1 aromatic carbocycles. The van der Waals surface area contributed by atoms with Crippen LogP contribution >= 0.6 is 0 Å². The predicted octanol–water partition coefficient (Wildman–Crippen LogP) is 2.95.